The maximum absolute atomic E-state index is 11.7. The summed E-state index contributed by atoms with van der Waals surface area (Å²) >= 11 is 0. The molecular weight excluding hydrogens is 220 g/mol. The molecule has 0 radical (unpaired) electrons. The Balaban J connectivity index is 2.61. The molecule has 0 spiro atoms. The van der Waals surface area contributed by atoms with Crippen LogP contribution in [0.15, 0.2) is 5.11 Å². The quantitative estimate of drug-likeness (QED) is 0.466. The Labute approximate surface area is 101 Å². The highest BCUT2D eigenvalue weighted by atomic mass is 16.6. The van der Waals surface area contributed by atoms with E-state index in [-0.39, 0.29) is 0 Å². The molecule has 0 aromatic carbocycles. The van der Waals surface area contributed by atoms with Crippen LogP contribution >= 0.6 is 0 Å². The van der Waals surface area contributed by atoms with E-state index in [0.29, 0.717) is 6.54 Å². The lowest BCUT2D eigenvalue weighted by atomic mass is 9.98. The van der Waals surface area contributed by atoms with Gasteiger partial charge >= 0.3 is 6.09 Å². The van der Waals surface area contributed by atoms with Crippen molar-refractivity contribution in [1.82, 2.24) is 5.32 Å². The summed E-state index contributed by atoms with van der Waals surface area (Å²) in [4.78, 5) is 14.5. The number of alkyl carbamates (subject to hydrolysis) is 1. The van der Waals surface area contributed by atoms with E-state index in [2.05, 4.69) is 15.3 Å². The number of carbonyl (C=O) groups is 1. The van der Waals surface area contributed by atoms with Gasteiger partial charge in [-0.15, -0.1) is 0 Å². The summed E-state index contributed by atoms with van der Waals surface area (Å²) in [6.45, 7) is 5.76. The zero-order chi connectivity index (χ0) is 12.9. The molecule has 0 unspecified atom stereocenters. The van der Waals surface area contributed by atoms with E-state index in [1.54, 1.807) is 0 Å². The number of ether oxygens (including phenoxy) is 1. The summed E-state index contributed by atoms with van der Waals surface area (Å²) in [7, 11) is 0. The number of azide groups is 1. The fraction of sp³-hybridized carbons (Fsp3) is 0.909. The van der Waals surface area contributed by atoms with Crippen molar-refractivity contribution < 1.29 is 9.53 Å². The highest BCUT2D eigenvalue weighted by Crippen LogP contribution is 2.30. The Morgan fingerprint density at radius 3 is 2.53 bits per heavy atom. The smallest absolute Gasteiger partial charge is 0.408 e. The summed E-state index contributed by atoms with van der Waals surface area (Å²) in [6.07, 6.45) is 3.32. The minimum atomic E-state index is -0.512. The largest absolute Gasteiger partial charge is 0.444 e. The first kappa shape index (κ1) is 13.6. The second-order valence-corrected chi connectivity index (χ2v) is 5.50. The van der Waals surface area contributed by atoms with Gasteiger partial charge in [0.1, 0.15) is 5.60 Å². The lowest BCUT2D eigenvalue weighted by Gasteiger charge is -2.30. The number of hydrogen-bond acceptors (Lipinski definition) is 3. The molecule has 1 fully saturated rings. The van der Waals surface area contributed by atoms with Crippen molar-refractivity contribution in [2.75, 3.05) is 6.54 Å². The minimum absolute atomic E-state index is 0.294. The Kier molecular flexibility index (Phi) is 4.23. The van der Waals surface area contributed by atoms with Crippen molar-refractivity contribution in [3.05, 3.63) is 10.4 Å². The topological polar surface area (TPSA) is 87.1 Å². The van der Waals surface area contributed by atoms with E-state index in [1.165, 1.54) is 0 Å². The van der Waals surface area contributed by atoms with Crippen LogP contribution in [0.2, 0.25) is 0 Å². The normalized spacial score (nSPS) is 18.3. The van der Waals surface area contributed by atoms with Crippen LogP contribution in [0.5, 0.6) is 0 Å². The third-order valence-corrected chi connectivity index (χ3v) is 2.76. The van der Waals surface area contributed by atoms with Crippen LogP contribution in [-0.2, 0) is 4.74 Å². The summed E-state index contributed by atoms with van der Waals surface area (Å²) in [6, 6.07) is 0. The predicted octanol–water partition coefficient (Wildman–Crippen LogP) is 3.13. The monoisotopic (exact) mass is 240 g/mol. The Bertz CT molecular complexity index is 323. The lowest BCUT2D eigenvalue weighted by Crippen LogP contribution is -2.50. The fourth-order valence-corrected chi connectivity index (χ4v) is 2.06. The van der Waals surface area contributed by atoms with Gasteiger partial charge in [0.05, 0.1) is 0 Å². The lowest BCUT2D eigenvalue weighted by molar-refractivity contribution is 0.0460. The van der Waals surface area contributed by atoms with Crippen molar-refractivity contribution in [2.24, 2.45) is 5.11 Å². The molecule has 1 aliphatic carbocycles. The third-order valence-electron chi connectivity index (χ3n) is 2.76. The predicted molar refractivity (Wildman–Crippen MR) is 64.6 cm³/mol. The van der Waals surface area contributed by atoms with Crippen LogP contribution < -0.4 is 5.32 Å². The maximum atomic E-state index is 11.7. The Morgan fingerprint density at radius 1 is 1.47 bits per heavy atom. The molecule has 0 aromatic heterocycles. The van der Waals surface area contributed by atoms with Crippen molar-refractivity contribution in [1.29, 1.82) is 0 Å². The summed E-state index contributed by atoms with van der Waals surface area (Å²) in [5.74, 6) is 0. The Morgan fingerprint density at radius 2 is 2.06 bits per heavy atom. The first-order valence-corrected chi connectivity index (χ1v) is 5.89. The number of nitrogens with one attached hydrogen (secondary N) is 1. The highest BCUT2D eigenvalue weighted by Gasteiger charge is 2.35. The molecule has 1 saturated carbocycles. The van der Waals surface area contributed by atoms with Crippen molar-refractivity contribution in [3.63, 3.8) is 0 Å². The van der Waals surface area contributed by atoms with Gasteiger partial charge in [-0.3, -0.25) is 0 Å². The molecule has 0 aliphatic heterocycles. The fourth-order valence-electron chi connectivity index (χ4n) is 2.06. The highest BCUT2D eigenvalue weighted by molar-refractivity contribution is 5.69. The van der Waals surface area contributed by atoms with Gasteiger partial charge < -0.3 is 10.1 Å². The number of rotatable bonds is 3. The SMILES string of the molecule is CC(C)(C)OC(=O)NC1(CN=[N+]=[N-])CCCC1. The van der Waals surface area contributed by atoms with Gasteiger partial charge in [-0.1, -0.05) is 18.0 Å². The molecular formula is C11H20N4O2. The van der Waals surface area contributed by atoms with Crippen molar-refractivity contribution in [3.8, 4) is 0 Å². The number of carbonyl (C=O) groups excluding carboxylic acids is 1. The second-order valence-electron chi connectivity index (χ2n) is 5.50. The first-order valence-electron chi connectivity index (χ1n) is 5.89. The molecule has 1 rings (SSSR count). The maximum Gasteiger partial charge on any atom is 0.408 e. The summed E-state index contributed by atoms with van der Waals surface area (Å²) in [5.41, 5.74) is 7.46. The van der Waals surface area contributed by atoms with E-state index in [1.807, 2.05) is 20.8 Å². The molecule has 0 bridgehead atoms. The number of nitrogens with zero attached hydrogens (tertiary/aromatic N) is 3. The van der Waals surface area contributed by atoms with Gasteiger partial charge in [0.15, 0.2) is 0 Å². The van der Waals surface area contributed by atoms with E-state index in [9.17, 15) is 4.79 Å². The zero-order valence-electron chi connectivity index (χ0n) is 10.7. The molecule has 0 atom stereocenters. The van der Waals surface area contributed by atoms with Crippen molar-refractivity contribution in [2.45, 2.75) is 57.6 Å². The van der Waals surface area contributed by atoms with Gasteiger partial charge in [0, 0.05) is 17.0 Å². The van der Waals surface area contributed by atoms with E-state index < -0.39 is 17.2 Å². The molecule has 1 amide bonds. The van der Waals surface area contributed by atoms with E-state index >= 15 is 0 Å². The second kappa shape index (κ2) is 5.27. The van der Waals surface area contributed by atoms with Crippen LogP contribution in [0.25, 0.3) is 10.4 Å². The molecule has 1 N–H and O–H groups in total. The molecule has 0 heterocycles. The van der Waals surface area contributed by atoms with Crippen molar-refractivity contribution >= 4 is 6.09 Å². The first-order chi connectivity index (χ1) is 7.87. The number of hydrogen-bond donors (Lipinski definition) is 1. The molecule has 6 nitrogen and oxygen atoms in total. The van der Waals surface area contributed by atoms with Gasteiger partial charge in [-0.2, -0.15) is 0 Å². The molecule has 0 saturated heterocycles. The molecule has 1 aliphatic rings. The van der Waals surface area contributed by atoms with E-state index in [4.69, 9.17) is 10.3 Å². The number of amides is 1. The Hall–Kier alpha value is -1.42. The molecule has 0 aromatic rings. The van der Waals surface area contributed by atoms with E-state index in [0.717, 1.165) is 25.7 Å². The molecule has 96 valence electrons. The van der Waals surface area contributed by atoms with Crippen LogP contribution in [0.1, 0.15) is 46.5 Å². The third kappa shape index (κ3) is 4.53. The van der Waals surface area contributed by atoms with Gasteiger partial charge in [0.2, 0.25) is 0 Å². The average Bonchev–Trinajstić information content (AvgIpc) is 2.60. The average molecular weight is 240 g/mol. The van der Waals surface area contributed by atoms with Gasteiger partial charge in [-0.25, -0.2) is 4.79 Å². The summed E-state index contributed by atoms with van der Waals surface area (Å²) < 4.78 is 5.22. The molecule has 17 heavy (non-hydrogen) atoms. The summed E-state index contributed by atoms with van der Waals surface area (Å²) in [5, 5.41) is 6.44. The van der Waals surface area contributed by atoms with Gasteiger partial charge in [0.25, 0.3) is 0 Å². The zero-order valence-corrected chi connectivity index (χ0v) is 10.7. The van der Waals surface area contributed by atoms with Crippen LogP contribution in [0.3, 0.4) is 0 Å². The van der Waals surface area contributed by atoms with Crippen LogP contribution in [0.4, 0.5) is 4.79 Å². The molecule has 6 heteroatoms. The standard InChI is InChI=1S/C11H20N4O2/c1-10(2,3)17-9(16)14-11(8-13-15-12)6-4-5-7-11/h4-8H2,1-3H3,(H,14,16). The van der Waals surface area contributed by atoms with Crippen LogP contribution in [-0.4, -0.2) is 23.8 Å². The minimum Gasteiger partial charge on any atom is -0.444 e. The van der Waals surface area contributed by atoms with Gasteiger partial charge in [-0.05, 0) is 39.1 Å². The van der Waals surface area contributed by atoms with Crippen LogP contribution in [0, 0.1) is 0 Å².